The van der Waals surface area contributed by atoms with Crippen molar-refractivity contribution in [3.63, 3.8) is 0 Å². The van der Waals surface area contributed by atoms with Gasteiger partial charge >= 0.3 is 11.8 Å². The summed E-state index contributed by atoms with van der Waals surface area (Å²) < 4.78 is 0. The van der Waals surface area contributed by atoms with Gasteiger partial charge in [-0.2, -0.15) is 5.10 Å². The SMILES string of the molecule is O=C(N/N=C\c1ccc(Cl)cc1)C(=O)Nc1ccccc1. The number of amides is 2. The van der Waals surface area contributed by atoms with Crippen LogP contribution >= 0.6 is 11.6 Å². The number of hydrazone groups is 1. The average molecular weight is 302 g/mol. The number of benzene rings is 2. The summed E-state index contributed by atoms with van der Waals surface area (Å²) >= 11 is 5.75. The predicted octanol–water partition coefficient (Wildman–Crippen LogP) is 2.43. The standard InChI is InChI=1S/C15H12ClN3O2/c16-12-8-6-11(7-9-12)10-17-19-15(21)14(20)18-13-4-2-1-3-5-13/h1-10H,(H,18,20)(H,19,21)/b17-10-. The molecule has 0 bridgehead atoms. The van der Waals surface area contributed by atoms with Crippen LogP contribution in [0.15, 0.2) is 59.7 Å². The number of para-hydroxylation sites is 1. The Morgan fingerprint density at radius 1 is 0.952 bits per heavy atom. The van der Waals surface area contributed by atoms with Crippen LogP contribution < -0.4 is 10.7 Å². The fraction of sp³-hybridized carbons (Fsp3) is 0. The van der Waals surface area contributed by atoms with Crippen LogP contribution in [0.4, 0.5) is 5.69 Å². The normalized spacial score (nSPS) is 10.3. The van der Waals surface area contributed by atoms with Gasteiger partial charge in [0.2, 0.25) is 0 Å². The first-order valence-corrected chi connectivity index (χ1v) is 6.48. The van der Waals surface area contributed by atoms with E-state index in [4.69, 9.17) is 11.6 Å². The topological polar surface area (TPSA) is 70.6 Å². The molecule has 0 aliphatic rings. The molecule has 0 heterocycles. The third-order valence-corrected chi connectivity index (χ3v) is 2.74. The summed E-state index contributed by atoms with van der Waals surface area (Å²) in [7, 11) is 0. The van der Waals surface area contributed by atoms with Crippen molar-refractivity contribution in [3.8, 4) is 0 Å². The molecule has 0 aliphatic heterocycles. The van der Waals surface area contributed by atoms with Crippen LogP contribution in [-0.4, -0.2) is 18.0 Å². The quantitative estimate of drug-likeness (QED) is 0.519. The molecule has 0 aromatic heterocycles. The van der Waals surface area contributed by atoms with E-state index in [1.54, 1.807) is 48.5 Å². The van der Waals surface area contributed by atoms with E-state index in [0.717, 1.165) is 5.56 Å². The third-order valence-electron chi connectivity index (χ3n) is 2.49. The lowest BCUT2D eigenvalue weighted by atomic mass is 10.2. The molecule has 0 saturated carbocycles. The minimum Gasteiger partial charge on any atom is -0.318 e. The van der Waals surface area contributed by atoms with E-state index < -0.39 is 11.8 Å². The molecule has 2 N–H and O–H groups in total. The molecule has 0 atom stereocenters. The number of carbonyl (C=O) groups is 2. The molecule has 2 amide bonds. The number of hydrogen-bond acceptors (Lipinski definition) is 3. The number of rotatable bonds is 3. The highest BCUT2D eigenvalue weighted by Crippen LogP contribution is 2.07. The summed E-state index contributed by atoms with van der Waals surface area (Å²) in [5.41, 5.74) is 3.45. The zero-order valence-electron chi connectivity index (χ0n) is 10.9. The summed E-state index contributed by atoms with van der Waals surface area (Å²) in [5.74, 6) is -1.63. The van der Waals surface area contributed by atoms with Crippen LogP contribution in [0.2, 0.25) is 5.02 Å². The van der Waals surface area contributed by atoms with Crippen LogP contribution in [0.5, 0.6) is 0 Å². The molecule has 0 fully saturated rings. The predicted molar refractivity (Wildman–Crippen MR) is 82.3 cm³/mol. The Labute approximate surface area is 126 Å². The first kappa shape index (κ1) is 14.7. The Morgan fingerprint density at radius 2 is 1.62 bits per heavy atom. The number of anilines is 1. The highest BCUT2D eigenvalue weighted by atomic mass is 35.5. The molecule has 2 aromatic rings. The molecule has 2 aromatic carbocycles. The zero-order chi connectivity index (χ0) is 15.1. The van der Waals surface area contributed by atoms with E-state index in [1.165, 1.54) is 6.21 Å². The van der Waals surface area contributed by atoms with Gasteiger partial charge in [-0.15, -0.1) is 0 Å². The minimum absolute atomic E-state index is 0.541. The number of nitrogens with zero attached hydrogens (tertiary/aromatic N) is 1. The Morgan fingerprint density at radius 3 is 2.29 bits per heavy atom. The molecule has 2 rings (SSSR count). The monoisotopic (exact) mass is 301 g/mol. The maximum absolute atomic E-state index is 11.6. The molecule has 0 saturated heterocycles. The Balaban J connectivity index is 1.86. The van der Waals surface area contributed by atoms with Gasteiger partial charge < -0.3 is 5.32 Å². The van der Waals surface area contributed by atoms with E-state index in [0.29, 0.717) is 10.7 Å². The molecule has 5 nitrogen and oxygen atoms in total. The van der Waals surface area contributed by atoms with Crippen molar-refractivity contribution in [2.75, 3.05) is 5.32 Å². The number of nitrogens with one attached hydrogen (secondary N) is 2. The van der Waals surface area contributed by atoms with Crippen molar-refractivity contribution in [3.05, 3.63) is 65.2 Å². The van der Waals surface area contributed by atoms with Crippen molar-refractivity contribution in [1.29, 1.82) is 0 Å². The fourth-order valence-corrected chi connectivity index (χ4v) is 1.60. The Bertz CT molecular complexity index is 654. The van der Waals surface area contributed by atoms with Gasteiger partial charge in [0.15, 0.2) is 0 Å². The third kappa shape index (κ3) is 4.74. The van der Waals surface area contributed by atoms with Gasteiger partial charge in [0.25, 0.3) is 0 Å². The van der Waals surface area contributed by atoms with E-state index in [2.05, 4.69) is 15.8 Å². The van der Waals surface area contributed by atoms with E-state index >= 15 is 0 Å². The van der Waals surface area contributed by atoms with Gasteiger partial charge in [-0.05, 0) is 29.8 Å². The lowest BCUT2D eigenvalue weighted by Gasteiger charge is -2.02. The van der Waals surface area contributed by atoms with Crippen molar-refractivity contribution in [1.82, 2.24) is 5.43 Å². The molecule has 0 radical (unpaired) electrons. The first-order valence-electron chi connectivity index (χ1n) is 6.10. The lowest BCUT2D eigenvalue weighted by Crippen LogP contribution is -2.32. The lowest BCUT2D eigenvalue weighted by molar-refractivity contribution is -0.136. The Kier molecular flexibility index (Phi) is 5.06. The van der Waals surface area contributed by atoms with Crippen LogP contribution in [0, 0.1) is 0 Å². The van der Waals surface area contributed by atoms with Crippen molar-refractivity contribution >= 4 is 35.3 Å². The van der Waals surface area contributed by atoms with Gasteiger partial charge in [-0.25, -0.2) is 5.43 Å². The summed E-state index contributed by atoms with van der Waals surface area (Å²) in [6.07, 6.45) is 1.42. The van der Waals surface area contributed by atoms with E-state index in [1.807, 2.05) is 6.07 Å². The van der Waals surface area contributed by atoms with Crippen molar-refractivity contribution in [2.45, 2.75) is 0 Å². The zero-order valence-corrected chi connectivity index (χ0v) is 11.7. The Hall–Kier alpha value is -2.66. The van der Waals surface area contributed by atoms with Crippen LogP contribution in [0.1, 0.15) is 5.56 Å². The van der Waals surface area contributed by atoms with Gasteiger partial charge in [0.05, 0.1) is 6.21 Å². The summed E-state index contributed by atoms with van der Waals surface area (Å²) in [6.45, 7) is 0. The van der Waals surface area contributed by atoms with Gasteiger partial charge in [0, 0.05) is 10.7 Å². The van der Waals surface area contributed by atoms with Crippen molar-refractivity contribution in [2.24, 2.45) is 5.10 Å². The smallest absolute Gasteiger partial charge is 0.318 e. The number of hydrogen-bond donors (Lipinski definition) is 2. The second kappa shape index (κ2) is 7.21. The van der Waals surface area contributed by atoms with E-state index in [-0.39, 0.29) is 0 Å². The van der Waals surface area contributed by atoms with Gasteiger partial charge in [0.1, 0.15) is 0 Å². The highest BCUT2D eigenvalue weighted by molar-refractivity contribution is 6.39. The van der Waals surface area contributed by atoms with Crippen LogP contribution in [0.25, 0.3) is 0 Å². The summed E-state index contributed by atoms with van der Waals surface area (Å²) in [6, 6.07) is 15.6. The number of carbonyl (C=O) groups excluding carboxylic acids is 2. The van der Waals surface area contributed by atoms with Gasteiger partial charge in [-0.1, -0.05) is 41.9 Å². The average Bonchev–Trinajstić information content (AvgIpc) is 2.50. The molecular formula is C15H12ClN3O2. The molecule has 0 spiro atoms. The molecule has 0 aliphatic carbocycles. The minimum atomic E-state index is -0.843. The molecule has 21 heavy (non-hydrogen) atoms. The summed E-state index contributed by atoms with van der Waals surface area (Å²) in [4.78, 5) is 23.1. The maximum Gasteiger partial charge on any atom is 0.329 e. The maximum atomic E-state index is 11.6. The summed E-state index contributed by atoms with van der Waals surface area (Å²) in [5, 5.41) is 6.77. The molecule has 0 unspecified atom stereocenters. The molecule has 6 heteroatoms. The molecule has 106 valence electrons. The molecular weight excluding hydrogens is 290 g/mol. The second-order valence-corrected chi connectivity index (χ2v) is 4.51. The van der Waals surface area contributed by atoms with Crippen molar-refractivity contribution < 1.29 is 9.59 Å². The van der Waals surface area contributed by atoms with E-state index in [9.17, 15) is 9.59 Å². The highest BCUT2D eigenvalue weighted by Gasteiger charge is 2.12. The first-order chi connectivity index (χ1) is 10.1. The fourth-order valence-electron chi connectivity index (χ4n) is 1.47. The number of halogens is 1. The van der Waals surface area contributed by atoms with Crippen LogP contribution in [-0.2, 0) is 9.59 Å². The second-order valence-electron chi connectivity index (χ2n) is 4.07. The van der Waals surface area contributed by atoms with Gasteiger partial charge in [-0.3, -0.25) is 9.59 Å². The van der Waals surface area contributed by atoms with Crippen LogP contribution in [0.3, 0.4) is 0 Å². The largest absolute Gasteiger partial charge is 0.329 e.